The highest BCUT2D eigenvalue weighted by Crippen LogP contribution is 2.23. The number of nitrogens with one attached hydrogen (secondary N) is 2. The van der Waals surface area contributed by atoms with Crippen LogP contribution < -0.4 is 10.6 Å². The molecule has 0 amide bonds. The lowest BCUT2D eigenvalue weighted by Crippen LogP contribution is -2.09. The number of hydrogen-bond donors (Lipinski definition) is 2. The zero-order chi connectivity index (χ0) is 16.8. The number of allylic oxidation sites excluding steroid dienone is 1. The molecule has 24 heavy (non-hydrogen) atoms. The van der Waals surface area contributed by atoms with Gasteiger partial charge in [-0.1, -0.05) is 33.6 Å². The second-order valence-corrected chi connectivity index (χ2v) is 6.89. The third-order valence-electron chi connectivity index (χ3n) is 4.12. The van der Waals surface area contributed by atoms with Gasteiger partial charge in [0.2, 0.25) is 5.95 Å². The Morgan fingerprint density at radius 2 is 2.17 bits per heavy atom. The van der Waals surface area contributed by atoms with E-state index in [-0.39, 0.29) is 0 Å². The Balaban J connectivity index is 1.57. The SMILES string of the molecule is Cc1ccc(Nc2cnnc(NCCC3=CCCCC3)n2)cc1Br. The number of anilines is 3. The average Bonchev–Trinajstić information content (AvgIpc) is 2.60. The van der Waals surface area contributed by atoms with Gasteiger partial charge >= 0.3 is 0 Å². The van der Waals surface area contributed by atoms with Crippen LogP contribution in [0.25, 0.3) is 0 Å². The van der Waals surface area contributed by atoms with Crippen molar-refractivity contribution >= 4 is 33.4 Å². The minimum absolute atomic E-state index is 0.558. The first kappa shape index (κ1) is 16.9. The van der Waals surface area contributed by atoms with Crippen molar-refractivity contribution in [3.05, 3.63) is 46.1 Å². The first-order chi connectivity index (χ1) is 11.7. The van der Waals surface area contributed by atoms with E-state index in [0.29, 0.717) is 11.8 Å². The average molecular weight is 388 g/mol. The maximum absolute atomic E-state index is 4.47. The zero-order valence-corrected chi connectivity index (χ0v) is 15.4. The lowest BCUT2D eigenvalue weighted by atomic mass is 9.97. The molecule has 2 N–H and O–H groups in total. The van der Waals surface area contributed by atoms with Crippen LogP contribution >= 0.6 is 15.9 Å². The first-order valence-electron chi connectivity index (χ1n) is 8.35. The monoisotopic (exact) mass is 387 g/mol. The second-order valence-electron chi connectivity index (χ2n) is 6.04. The standard InChI is InChI=1S/C18H22BrN5/c1-13-7-8-15(11-16(13)19)22-17-12-21-24-18(23-17)20-10-9-14-5-3-2-4-6-14/h5,7-8,11-12H,2-4,6,9-10H2,1H3,(H2,20,22,23,24). The van der Waals surface area contributed by atoms with Gasteiger partial charge < -0.3 is 10.6 Å². The third-order valence-corrected chi connectivity index (χ3v) is 4.97. The fourth-order valence-corrected chi connectivity index (χ4v) is 3.10. The van der Waals surface area contributed by atoms with Crippen molar-refractivity contribution in [2.45, 2.75) is 39.0 Å². The number of nitrogens with zero attached hydrogens (tertiary/aromatic N) is 3. The van der Waals surface area contributed by atoms with Gasteiger partial charge in [-0.15, -0.1) is 5.10 Å². The Bertz CT molecular complexity index is 729. The lowest BCUT2D eigenvalue weighted by Gasteiger charge is -2.13. The Labute approximate surface area is 151 Å². The molecule has 0 fully saturated rings. The van der Waals surface area contributed by atoms with E-state index < -0.39 is 0 Å². The number of rotatable bonds is 6. The van der Waals surface area contributed by atoms with Gasteiger partial charge in [-0.2, -0.15) is 10.1 Å². The molecule has 0 spiro atoms. The quantitative estimate of drug-likeness (QED) is 0.683. The molecule has 2 aromatic rings. The molecule has 1 aromatic heterocycles. The number of benzene rings is 1. The van der Waals surface area contributed by atoms with Crippen LogP contribution in [-0.2, 0) is 0 Å². The molecule has 1 aromatic carbocycles. The van der Waals surface area contributed by atoms with E-state index in [9.17, 15) is 0 Å². The Morgan fingerprint density at radius 1 is 1.25 bits per heavy atom. The van der Waals surface area contributed by atoms with Crippen molar-refractivity contribution in [3.8, 4) is 0 Å². The van der Waals surface area contributed by atoms with Crippen LogP contribution in [0.1, 0.15) is 37.7 Å². The van der Waals surface area contributed by atoms with E-state index in [1.165, 1.54) is 31.2 Å². The normalized spacial score (nSPS) is 14.2. The van der Waals surface area contributed by atoms with Crippen LogP contribution in [0.15, 0.2) is 40.5 Å². The summed E-state index contributed by atoms with van der Waals surface area (Å²) in [4.78, 5) is 4.47. The van der Waals surface area contributed by atoms with E-state index in [1.807, 2.05) is 12.1 Å². The zero-order valence-electron chi connectivity index (χ0n) is 13.8. The Hall–Kier alpha value is -1.95. The summed E-state index contributed by atoms with van der Waals surface area (Å²) < 4.78 is 1.06. The molecule has 0 atom stereocenters. The van der Waals surface area contributed by atoms with Gasteiger partial charge in [0, 0.05) is 16.7 Å². The molecular weight excluding hydrogens is 366 g/mol. The van der Waals surface area contributed by atoms with Gasteiger partial charge in [0.25, 0.3) is 0 Å². The topological polar surface area (TPSA) is 62.7 Å². The van der Waals surface area contributed by atoms with Crippen molar-refractivity contribution in [1.29, 1.82) is 0 Å². The molecule has 1 aliphatic carbocycles. The lowest BCUT2D eigenvalue weighted by molar-refractivity contribution is 0.679. The van der Waals surface area contributed by atoms with E-state index in [1.54, 1.807) is 11.8 Å². The summed E-state index contributed by atoms with van der Waals surface area (Å²) in [7, 11) is 0. The molecule has 0 radical (unpaired) electrons. The summed E-state index contributed by atoms with van der Waals surface area (Å²) in [6.45, 7) is 2.90. The van der Waals surface area contributed by atoms with Gasteiger partial charge in [0.05, 0.1) is 6.20 Å². The molecule has 0 unspecified atom stereocenters. The van der Waals surface area contributed by atoms with Crippen LogP contribution in [-0.4, -0.2) is 21.7 Å². The maximum Gasteiger partial charge on any atom is 0.244 e. The molecule has 1 aliphatic rings. The molecule has 0 aliphatic heterocycles. The van der Waals surface area contributed by atoms with E-state index in [0.717, 1.165) is 23.1 Å². The summed E-state index contributed by atoms with van der Waals surface area (Å²) in [6.07, 6.45) is 10.1. The van der Waals surface area contributed by atoms with E-state index in [2.05, 4.69) is 60.8 Å². The van der Waals surface area contributed by atoms with Crippen LogP contribution in [0.3, 0.4) is 0 Å². The van der Waals surface area contributed by atoms with Gasteiger partial charge in [-0.25, -0.2) is 0 Å². The first-order valence-corrected chi connectivity index (χ1v) is 9.15. The van der Waals surface area contributed by atoms with Gasteiger partial charge in [-0.05, 0) is 56.7 Å². The Morgan fingerprint density at radius 3 is 2.96 bits per heavy atom. The smallest absolute Gasteiger partial charge is 0.244 e. The fourth-order valence-electron chi connectivity index (χ4n) is 2.72. The molecule has 1 heterocycles. The van der Waals surface area contributed by atoms with Gasteiger partial charge in [0.15, 0.2) is 5.82 Å². The maximum atomic E-state index is 4.47. The molecule has 6 heteroatoms. The molecule has 0 saturated carbocycles. The summed E-state index contributed by atoms with van der Waals surface area (Å²) in [5.74, 6) is 1.24. The summed E-state index contributed by atoms with van der Waals surface area (Å²) >= 11 is 3.54. The van der Waals surface area contributed by atoms with Crippen molar-refractivity contribution in [3.63, 3.8) is 0 Å². The van der Waals surface area contributed by atoms with E-state index >= 15 is 0 Å². The predicted molar refractivity (Wildman–Crippen MR) is 102 cm³/mol. The number of aryl methyl sites for hydroxylation is 1. The molecule has 126 valence electrons. The van der Waals surface area contributed by atoms with Gasteiger partial charge in [-0.3, -0.25) is 0 Å². The number of aromatic nitrogens is 3. The Kier molecular flexibility index (Phi) is 5.80. The molecular formula is C18H22BrN5. The van der Waals surface area contributed by atoms with Crippen molar-refractivity contribution < 1.29 is 0 Å². The number of hydrogen-bond acceptors (Lipinski definition) is 5. The van der Waals surface area contributed by atoms with Crippen molar-refractivity contribution in [1.82, 2.24) is 15.2 Å². The number of halogens is 1. The van der Waals surface area contributed by atoms with Crippen molar-refractivity contribution in [2.75, 3.05) is 17.2 Å². The minimum atomic E-state index is 0.558. The minimum Gasteiger partial charge on any atom is -0.353 e. The highest BCUT2D eigenvalue weighted by atomic mass is 79.9. The molecule has 5 nitrogen and oxygen atoms in total. The fraction of sp³-hybridized carbons (Fsp3) is 0.389. The van der Waals surface area contributed by atoms with Crippen LogP contribution in [0.4, 0.5) is 17.5 Å². The van der Waals surface area contributed by atoms with Crippen molar-refractivity contribution in [2.24, 2.45) is 0 Å². The van der Waals surface area contributed by atoms with Crippen LogP contribution in [0, 0.1) is 6.92 Å². The van der Waals surface area contributed by atoms with Gasteiger partial charge in [0.1, 0.15) is 0 Å². The third kappa shape index (κ3) is 4.77. The molecule has 0 saturated heterocycles. The second kappa shape index (κ2) is 8.24. The molecule has 0 bridgehead atoms. The molecule has 3 rings (SSSR count). The summed E-state index contributed by atoms with van der Waals surface area (Å²) in [5.41, 5.74) is 3.70. The highest BCUT2D eigenvalue weighted by molar-refractivity contribution is 9.10. The summed E-state index contributed by atoms with van der Waals surface area (Å²) in [6, 6.07) is 6.10. The van der Waals surface area contributed by atoms with Crippen LogP contribution in [0.5, 0.6) is 0 Å². The largest absolute Gasteiger partial charge is 0.353 e. The summed E-state index contributed by atoms with van der Waals surface area (Å²) in [5, 5.41) is 14.6. The predicted octanol–water partition coefficient (Wildman–Crippen LogP) is 4.99. The highest BCUT2D eigenvalue weighted by Gasteiger charge is 2.05. The van der Waals surface area contributed by atoms with Crippen LogP contribution in [0.2, 0.25) is 0 Å². The van der Waals surface area contributed by atoms with E-state index in [4.69, 9.17) is 0 Å².